The minimum absolute atomic E-state index is 0.192. The van der Waals surface area contributed by atoms with Crippen LogP contribution in [-0.2, 0) is 6.54 Å². The summed E-state index contributed by atoms with van der Waals surface area (Å²) in [6.45, 7) is -0.192. The monoisotopic (exact) mass is 294 g/mol. The highest BCUT2D eigenvalue weighted by Gasteiger charge is 2.15. The Morgan fingerprint density at radius 2 is 1.95 bits per heavy atom. The van der Waals surface area contributed by atoms with Gasteiger partial charge in [0.25, 0.3) is 0 Å². The van der Waals surface area contributed by atoms with Crippen molar-refractivity contribution < 1.29 is 14.2 Å². The van der Waals surface area contributed by atoms with Crippen LogP contribution in [-0.4, -0.2) is 19.4 Å². The zero-order valence-corrected chi connectivity index (χ0v) is 10.3. The maximum atomic E-state index is 13.5. The van der Waals surface area contributed by atoms with Crippen molar-refractivity contribution in [2.24, 2.45) is 0 Å². The molecule has 0 atom stereocenters. The molecule has 0 radical (unpaired) electrons. The van der Waals surface area contributed by atoms with Gasteiger partial charge in [0.1, 0.15) is 6.20 Å². The van der Waals surface area contributed by atoms with Gasteiger partial charge in [0.05, 0.1) is 22.6 Å². The first-order chi connectivity index (χ1) is 9.88. The highest BCUT2D eigenvalue weighted by molar-refractivity contribution is 5.35. The summed E-state index contributed by atoms with van der Waals surface area (Å²) >= 11 is 0. The van der Waals surface area contributed by atoms with Crippen LogP contribution in [0, 0.1) is 26.0 Å². The number of hydrogen-bond acceptors (Lipinski definition) is 6. The Morgan fingerprint density at radius 1 is 1.24 bits per heavy atom. The van der Waals surface area contributed by atoms with Crippen LogP contribution in [0.4, 0.5) is 15.8 Å². The van der Waals surface area contributed by atoms with Crippen LogP contribution in [0.1, 0.15) is 5.56 Å². The van der Waals surface area contributed by atoms with Gasteiger partial charge < -0.3 is 0 Å². The molecule has 0 spiro atoms. The molecule has 0 unspecified atom stereocenters. The molecule has 0 aliphatic heterocycles. The van der Waals surface area contributed by atoms with Crippen LogP contribution < -0.4 is 5.69 Å². The molecule has 2 rings (SSSR count). The van der Waals surface area contributed by atoms with Crippen molar-refractivity contribution in [1.29, 1.82) is 0 Å². The summed E-state index contributed by atoms with van der Waals surface area (Å²) in [6, 6.07) is 3.11. The smallest absolute Gasteiger partial charge is 0.288 e. The number of nitro groups is 2. The lowest BCUT2D eigenvalue weighted by Gasteiger charge is -2.05. The largest absolute Gasteiger partial charge is 0.348 e. The zero-order valence-electron chi connectivity index (χ0n) is 10.3. The van der Waals surface area contributed by atoms with Crippen LogP contribution in [0.25, 0.3) is 0 Å². The van der Waals surface area contributed by atoms with E-state index < -0.39 is 32.7 Å². The minimum Gasteiger partial charge on any atom is -0.288 e. The third-order valence-corrected chi connectivity index (χ3v) is 2.61. The number of benzene rings is 1. The Hall–Kier alpha value is -3.17. The van der Waals surface area contributed by atoms with Gasteiger partial charge in [-0.25, -0.2) is 4.79 Å². The van der Waals surface area contributed by atoms with Gasteiger partial charge in [-0.15, -0.1) is 0 Å². The number of rotatable bonds is 4. The van der Waals surface area contributed by atoms with E-state index >= 15 is 0 Å². The number of nitro benzene ring substituents is 1. The van der Waals surface area contributed by atoms with Crippen LogP contribution >= 0.6 is 0 Å². The standard InChI is InChI=1S/C11H7FN4O5/c12-9-3-7(1-2-10(9)16(20)21)5-14-6-8(15(18)19)4-13-11(14)17/h1-4,6H,5H2. The summed E-state index contributed by atoms with van der Waals surface area (Å²) in [5.41, 5.74) is -1.60. The first kappa shape index (κ1) is 14.2. The summed E-state index contributed by atoms with van der Waals surface area (Å²) < 4.78 is 14.4. The van der Waals surface area contributed by atoms with E-state index in [0.29, 0.717) is 0 Å². The molecule has 21 heavy (non-hydrogen) atoms. The van der Waals surface area contributed by atoms with Crippen molar-refractivity contribution in [3.63, 3.8) is 0 Å². The summed E-state index contributed by atoms with van der Waals surface area (Å²) in [6.07, 6.45) is 1.78. The van der Waals surface area contributed by atoms with Gasteiger partial charge in [0, 0.05) is 6.07 Å². The summed E-state index contributed by atoms with van der Waals surface area (Å²) in [4.78, 5) is 34.3. The maximum absolute atomic E-state index is 13.5. The Balaban J connectivity index is 2.36. The number of aromatic nitrogens is 2. The second kappa shape index (κ2) is 5.45. The van der Waals surface area contributed by atoms with Crippen molar-refractivity contribution in [1.82, 2.24) is 9.55 Å². The Bertz CT molecular complexity index is 788. The molecule has 0 saturated carbocycles. The highest BCUT2D eigenvalue weighted by atomic mass is 19.1. The summed E-state index contributed by atoms with van der Waals surface area (Å²) in [7, 11) is 0. The van der Waals surface area contributed by atoms with Crippen LogP contribution in [0.2, 0.25) is 0 Å². The number of nitrogens with zero attached hydrogens (tertiary/aromatic N) is 4. The van der Waals surface area contributed by atoms with E-state index in [4.69, 9.17) is 0 Å². The predicted molar refractivity (Wildman–Crippen MR) is 67.3 cm³/mol. The van der Waals surface area contributed by atoms with Gasteiger partial charge in [-0.05, 0) is 11.6 Å². The summed E-state index contributed by atoms with van der Waals surface area (Å²) in [5, 5.41) is 21.1. The maximum Gasteiger partial charge on any atom is 0.348 e. The molecule has 0 amide bonds. The number of halogens is 1. The van der Waals surface area contributed by atoms with Crippen molar-refractivity contribution >= 4 is 11.4 Å². The molecule has 0 aliphatic rings. The fourth-order valence-corrected chi connectivity index (χ4v) is 1.64. The second-order valence-corrected chi connectivity index (χ2v) is 4.02. The molecule has 10 heteroatoms. The first-order valence-electron chi connectivity index (χ1n) is 5.52. The molecule has 2 aromatic rings. The van der Waals surface area contributed by atoms with E-state index in [2.05, 4.69) is 4.98 Å². The zero-order chi connectivity index (χ0) is 15.6. The molecule has 1 aromatic heterocycles. The van der Waals surface area contributed by atoms with E-state index in [-0.39, 0.29) is 12.1 Å². The topological polar surface area (TPSA) is 121 Å². The Morgan fingerprint density at radius 3 is 2.52 bits per heavy atom. The lowest BCUT2D eigenvalue weighted by Crippen LogP contribution is -2.23. The Kier molecular flexibility index (Phi) is 3.69. The van der Waals surface area contributed by atoms with Crippen molar-refractivity contribution in [3.05, 3.63) is 72.7 Å². The fourth-order valence-electron chi connectivity index (χ4n) is 1.64. The van der Waals surface area contributed by atoms with E-state index in [1.165, 1.54) is 6.07 Å². The van der Waals surface area contributed by atoms with Gasteiger partial charge in [-0.2, -0.15) is 9.37 Å². The fraction of sp³-hybridized carbons (Fsp3) is 0.0909. The van der Waals surface area contributed by atoms with Crippen molar-refractivity contribution in [2.45, 2.75) is 6.54 Å². The SMILES string of the molecule is O=c1ncc([N+](=O)[O-])cn1Cc1ccc([N+](=O)[O-])c(F)c1. The first-order valence-corrected chi connectivity index (χ1v) is 5.52. The highest BCUT2D eigenvalue weighted by Crippen LogP contribution is 2.18. The van der Waals surface area contributed by atoms with Crippen LogP contribution in [0.5, 0.6) is 0 Å². The van der Waals surface area contributed by atoms with E-state index in [9.17, 15) is 29.4 Å². The normalized spacial score (nSPS) is 10.3. The van der Waals surface area contributed by atoms with Gasteiger partial charge in [-0.1, -0.05) is 6.07 Å². The molecule has 0 N–H and O–H groups in total. The molecule has 9 nitrogen and oxygen atoms in total. The van der Waals surface area contributed by atoms with Crippen LogP contribution in [0.3, 0.4) is 0 Å². The molecule has 0 fully saturated rings. The predicted octanol–water partition coefficient (Wildman–Crippen LogP) is 1.25. The average Bonchev–Trinajstić information content (AvgIpc) is 2.40. The third kappa shape index (κ3) is 3.05. The van der Waals surface area contributed by atoms with E-state index in [1.807, 2.05) is 0 Å². The molecular weight excluding hydrogens is 287 g/mol. The molecule has 1 aromatic carbocycles. The number of hydrogen-bond donors (Lipinski definition) is 0. The van der Waals surface area contributed by atoms with E-state index in [1.54, 1.807) is 0 Å². The van der Waals surface area contributed by atoms with Crippen molar-refractivity contribution in [3.8, 4) is 0 Å². The quantitative estimate of drug-likeness (QED) is 0.617. The van der Waals surface area contributed by atoms with E-state index in [0.717, 1.165) is 29.1 Å². The Labute approximate surface area is 115 Å². The molecule has 0 saturated heterocycles. The molecule has 0 bridgehead atoms. The lowest BCUT2D eigenvalue weighted by molar-refractivity contribution is -0.387. The van der Waals surface area contributed by atoms with Gasteiger partial charge in [0.15, 0.2) is 0 Å². The van der Waals surface area contributed by atoms with Gasteiger partial charge in [0.2, 0.25) is 5.82 Å². The van der Waals surface area contributed by atoms with Gasteiger partial charge >= 0.3 is 17.1 Å². The molecule has 108 valence electrons. The van der Waals surface area contributed by atoms with Gasteiger partial charge in [-0.3, -0.25) is 24.8 Å². The average molecular weight is 294 g/mol. The molecular formula is C11H7FN4O5. The lowest BCUT2D eigenvalue weighted by atomic mass is 10.2. The second-order valence-electron chi connectivity index (χ2n) is 4.02. The van der Waals surface area contributed by atoms with Crippen LogP contribution in [0.15, 0.2) is 35.4 Å². The minimum atomic E-state index is -1.05. The summed E-state index contributed by atoms with van der Waals surface area (Å²) in [5.74, 6) is -1.05. The molecule has 0 aliphatic carbocycles. The molecule has 1 heterocycles. The third-order valence-electron chi connectivity index (χ3n) is 2.61. The van der Waals surface area contributed by atoms with Crippen molar-refractivity contribution in [2.75, 3.05) is 0 Å².